The Kier molecular flexibility index (Phi) is 2.41. The second-order valence-electron chi connectivity index (χ2n) is 3.33. The van der Waals surface area contributed by atoms with Crippen LogP contribution in [0, 0.1) is 5.92 Å². The van der Waals surface area contributed by atoms with Crippen LogP contribution in [0.3, 0.4) is 0 Å². The van der Waals surface area contributed by atoms with Crippen LogP contribution in [0.4, 0.5) is 0 Å². The third-order valence-electron chi connectivity index (χ3n) is 2.27. The summed E-state index contributed by atoms with van der Waals surface area (Å²) in [5.74, 6) is 0.396. The van der Waals surface area contributed by atoms with Gasteiger partial charge in [0.2, 0.25) is 0 Å². The maximum absolute atomic E-state index is 11.7. The van der Waals surface area contributed by atoms with Gasteiger partial charge in [-0.2, -0.15) is 0 Å². The summed E-state index contributed by atoms with van der Waals surface area (Å²) in [4.78, 5) is 12.3. The molecule has 0 spiro atoms. The van der Waals surface area contributed by atoms with E-state index in [1.165, 1.54) is 11.3 Å². The largest absolute Gasteiger partial charge is 0.321 e. The molecule has 0 bridgehead atoms. The van der Waals surface area contributed by atoms with Crippen molar-refractivity contribution in [1.82, 2.24) is 0 Å². The van der Waals surface area contributed by atoms with Gasteiger partial charge in [-0.15, -0.1) is 11.3 Å². The zero-order chi connectivity index (χ0) is 9.42. The minimum Gasteiger partial charge on any atom is -0.321 e. The van der Waals surface area contributed by atoms with Gasteiger partial charge in [0.25, 0.3) is 0 Å². The molecular weight excluding hydrogens is 206 g/mol. The molecule has 1 heterocycles. The lowest BCUT2D eigenvalue weighted by Crippen LogP contribution is -2.32. The summed E-state index contributed by atoms with van der Waals surface area (Å²) in [5.41, 5.74) is 5.78. The van der Waals surface area contributed by atoms with E-state index in [1.807, 2.05) is 5.38 Å². The summed E-state index contributed by atoms with van der Waals surface area (Å²) in [6.45, 7) is 0. The van der Waals surface area contributed by atoms with Crippen LogP contribution in [0.25, 0.3) is 0 Å². The molecule has 0 radical (unpaired) electrons. The second kappa shape index (κ2) is 3.40. The molecule has 2 nitrogen and oxygen atoms in total. The van der Waals surface area contributed by atoms with E-state index in [-0.39, 0.29) is 11.8 Å². The predicted molar refractivity (Wildman–Crippen MR) is 54.4 cm³/mol. The minimum atomic E-state index is -0.337. The summed E-state index contributed by atoms with van der Waals surface area (Å²) >= 11 is 7.21. The standard InChI is InChI=1S/C9H10ClNOS/c10-6-3-4-13-9(6)8(12)7(11)5-1-2-5/h3-5,7H,1-2,11H2. The number of carbonyl (C=O) groups excluding carboxylic acids is 1. The third-order valence-corrected chi connectivity index (χ3v) is 3.63. The molecule has 2 rings (SSSR count). The maximum Gasteiger partial charge on any atom is 0.191 e. The zero-order valence-corrected chi connectivity index (χ0v) is 8.57. The van der Waals surface area contributed by atoms with Crippen LogP contribution in [0.2, 0.25) is 5.02 Å². The van der Waals surface area contributed by atoms with Gasteiger partial charge in [0, 0.05) is 0 Å². The summed E-state index contributed by atoms with van der Waals surface area (Å²) in [5, 5.41) is 2.35. The van der Waals surface area contributed by atoms with Crippen molar-refractivity contribution in [2.45, 2.75) is 18.9 Å². The van der Waals surface area contributed by atoms with Crippen LogP contribution >= 0.6 is 22.9 Å². The van der Waals surface area contributed by atoms with E-state index in [4.69, 9.17) is 17.3 Å². The van der Waals surface area contributed by atoms with Gasteiger partial charge in [-0.1, -0.05) is 11.6 Å². The number of nitrogens with two attached hydrogens (primary N) is 1. The minimum absolute atomic E-state index is 0.00231. The van der Waals surface area contributed by atoms with Crippen LogP contribution in [-0.2, 0) is 0 Å². The lowest BCUT2D eigenvalue weighted by Gasteiger charge is -2.06. The Morgan fingerprint density at radius 3 is 2.85 bits per heavy atom. The number of Topliss-reactive ketones (excluding diaryl/α,β-unsaturated/α-hetero) is 1. The van der Waals surface area contributed by atoms with Crippen LogP contribution in [0.1, 0.15) is 22.5 Å². The Morgan fingerprint density at radius 2 is 2.38 bits per heavy atom. The van der Waals surface area contributed by atoms with Crippen molar-refractivity contribution < 1.29 is 4.79 Å². The predicted octanol–water partition coefficient (Wildman–Crippen LogP) is 2.32. The fourth-order valence-corrected chi connectivity index (χ4v) is 2.43. The van der Waals surface area contributed by atoms with Gasteiger partial charge in [-0.3, -0.25) is 4.79 Å². The smallest absolute Gasteiger partial charge is 0.191 e. The van der Waals surface area contributed by atoms with Gasteiger partial charge in [0.1, 0.15) is 0 Å². The molecule has 1 aromatic heterocycles. The van der Waals surface area contributed by atoms with E-state index < -0.39 is 0 Å². The highest BCUT2D eigenvalue weighted by molar-refractivity contribution is 7.12. The number of hydrogen-bond donors (Lipinski definition) is 1. The first kappa shape index (κ1) is 9.19. The molecule has 1 aliphatic carbocycles. The normalized spacial score (nSPS) is 18.6. The molecule has 13 heavy (non-hydrogen) atoms. The van der Waals surface area contributed by atoms with Crippen molar-refractivity contribution in [3.05, 3.63) is 21.3 Å². The SMILES string of the molecule is NC(C(=O)c1sccc1Cl)C1CC1. The number of rotatable bonds is 3. The molecule has 1 unspecified atom stereocenters. The average molecular weight is 216 g/mol. The summed E-state index contributed by atoms with van der Waals surface area (Å²) < 4.78 is 0. The van der Waals surface area contributed by atoms with Crippen LogP contribution in [0.5, 0.6) is 0 Å². The molecule has 70 valence electrons. The van der Waals surface area contributed by atoms with E-state index in [0.29, 0.717) is 15.8 Å². The lowest BCUT2D eigenvalue weighted by molar-refractivity contribution is 0.0956. The van der Waals surface area contributed by atoms with Crippen molar-refractivity contribution in [3.8, 4) is 0 Å². The van der Waals surface area contributed by atoms with E-state index in [9.17, 15) is 4.79 Å². The Hall–Kier alpha value is -0.380. The molecule has 2 N–H and O–H groups in total. The number of halogens is 1. The monoisotopic (exact) mass is 215 g/mol. The Morgan fingerprint density at radius 1 is 1.69 bits per heavy atom. The molecular formula is C9H10ClNOS. The molecule has 0 saturated heterocycles. The van der Waals surface area contributed by atoms with Gasteiger partial charge in [0.15, 0.2) is 5.78 Å². The fraction of sp³-hybridized carbons (Fsp3) is 0.444. The average Bonchev–Trinajstić information content (AvgIpc) is 2.87. The molecule has 1 fully saturated rings. The quantitative estimate of drug-likeness (QED) is 0.787. The van der Waals surface area contributed by atoms with Gasteiger partial charge >= 0.3 is 0 Å². The molecule has 1 saturated carbocycles. The molecule has 0 aromatic carbocycles. The Bertz CT molecular complexity index is 332. The number of carbonyl (C=O) groups is 1. The number of thiophene rings is 1. The third kappa shape index (κ3) is 1.77. The zero-order valence-electron chi connectivity index (χ0n) is 7.00. The van der Waals surface area contributed by atoms with Gasteiger partial charge in [-0.05, 0) is 30.2 Å². The number of ketones is 1. The van der Waals surface area contributed by atoms with Crippen molar-refractivity contribution in [2.75, 3.05) is 0 Å². The van der Waals surface area contributed by atoms with Crippen LogP contribution in [-0.4, -0.2) is 11.8 Å². The first-order valence-corrected chi connectivity index (χ1v) is 5.48. The van der Waals surface area contributed by atoms with Gasteiger partial charge < -0.3 is 5.73 Å². The fourth-order valence-electron chi connectivity index (χ4n) is 1.29. The van der Waals surface area contributed by atoms with Crippen LogP contribution < -0.4 is 5.73 Å². The summed E-state index contributed by atoms with van der Waals surface area (Å²) in [7, 11) is 0. The van der Waals surface area contributed by atoms with Crippen molar-refractivity contribution in [1.29, 1.82) is 0 Å². The van der Waals surface area contributed by atoms with Crippen LogP contribution in [0.15, 0.2) is 11.4 Å². The highest BCUT2D eigenvalue weighted by Gasteiger charge is 2.34. The molecule has 4 heteroatoms. The van der Waals surface area contributed by atoms with Crippen molar-refractivity contribution in [3.63, 3.8) is 0 Å². The topological polar surface area (TPSA) is 43.1 Å². The van der Waals surface area contributed by atoms with Gasteiger partial charge in [-0.25, -0.2) is 0 Å². The van der Waals surface area contributed by atoms with E-state index in [1.54, 1.807) is 6.07 Å². The summed E-state index contributed by atoms with van der Waals surface area (Å²) in [6.07, 6.45) is 2.16. The highest BCUT2D eigenvalue weighted by Crippen LogP contribution is 2.34. The molecule has 1 aliphatic rings. The molecule has 1 aromatic rings. The first-order chi connectivity index (χ1) is 6.20. The van der Waals surface area contributed by atoms with Gasteiger partial charge in [0.05, 0.1) is 15.9 Å². The maximum atomic E-state index is 11.7. The Balaban J connectivity index is 2.16. The molecule has 1 atom stereocenters. The lowest BCUT2D eigenvalue weighted by atomic mass is 10.1. The van der Waals surface area contributed by atoms with E-state index >= 15 is 0 Å². The molecule has 0 amide bonds. The number of hydrogen-bond acceptors (Lipinski definition) is 3. The first-order valence-electron chi connectivity index (χ1n) is 4.23. The second-order valence-corrected chi connectivity index (χ2v) is 4.65. The summed E-state index contributed by atoms with van der Waals surface area (Å²) in [6, 6.07) is 1.40. The molecule has 0 aliphatic heterocycles. The van der Waals surface area contributed by atoms with Crippen molar-refractivity contribution in [2.24, 2.45) is 11.7 Å². The Labute approximate surface area is 85.7 Å². The highest BCUT2D eigenvalue weighted by atomic mass is 35.5. The van der Waals surface area contributed by atoms with E-state index in [0.717, 1.165) is 12.8 Å². The van der Waals surface area contributed by atoms with Crippen molar-refractivity contribution >= 4 is 28.7 Å². The van der Waals surface area contributed by atoms with E-state index in [2.05, 4.69) is 0 Å².